The van der Waals surface area contributed by atoms with Crippen molar-refractivity contribution in [3.8, 4) is 11.3 Å². The van der Waals surface area contributed by atoms with E-state index in [2.05, 4.69) is 15.3 Å². The van der Waals surface area contributed by atoms with Gasteiger partial charge in [-0.15, -0.1) is 21.5 Å². The smallest absolute Gasteiger partial charge is 0.212 e. The first-order chi connectivity index (χ1) is 12.2. The van der Waals surface area contributed by atoms with E-state index >= 15 is 0 Å². The fourth-order valence-electron chi connectivity index (χ4n) is 2.27. The van der Waals surface area contributed by atoms with Crippen LogP contribution in [0.5, 0.6) is 0 Å². The van der Waals surface area contributed by atoms with Crippen molar-refractivity contribution in [1.82, 2.24) is 19.8 Å². The summed E-state index contributed by atoms with van der Waals surface area (Å²) in [6.45, 7) is 0. The van der Waals surface area contributed by atoms with Crippen LogP contribution in [0.1, 0.15) is 9.67 Å². The summed E-state index contributed by atoms with van der Waals surface area (Å²) in [7, 11) is 0. The van der Waals surface area contributed by atoms with Crippen molar-refractivity contribution in [3.05, 3.63) is 64.6 Å². The summed E-state index contributed by atoms with van der Waals surface area (Å²) >= 11 is 2.71. The number of fused-ring (bicyclic) bond motifs is 1. The Labute approximate surface area is 150 Å². The summed E-state index contributed by atoms with van der Waals surface area (Å²) in [4.78, 5) is 12.9. The maximum atomic E-state index is 13.1. The number of halogens is 1. The van der Waals surface area contributed by atoms with Gasteiger partial charge in [0.1, 0.15) is 5.82 Å². The van der Waals surface area contributed by atoms with Crippen LogP contribution in [0.4, 0.5) is 4.39 Å². The average molecular weight is 370 g/mol. The van der Waals surface area contributed by atoms with Gasteiger partial charge in [0, 0.05) is 5.56 Å². The molecule has 0 bridgehead atoms. The molecule has 0 saturated carbocycles. The Hall–Kier alpha value is -2.58. The highest BCUT2D eigenvalue weighted by atomic mass is 32.2. The molecule has 0 saturated heterocycles. The summed E-state index contributed by atoms with van der Waals surface area (Å²) in [6.07, 6.45) is 0. The van der Waals surface area contributed by atoms with Crippen LogP contribution in [0.3, 0.4) is 0 Å². The Bertz CT molecular complexity index is 1030. The van der Waals surface area contributed by atoms with Crippen LogP contribution in [-0.4, -0.2) is 31.3 Å². The number of aromatic nitrogens is 4. The molecule has 8 heteroatoms. The van der Waals surface area contributed by atoms with Crippen molar-refractivity contribution in [1.29, 1.82) is 0 Å². The molecule has 4 rings (SSSR count). The highest BCUT2D eigenvalue weighted by Crippen LogP contribution is 2.22. The molecule has 4 aromatic rings. The number of benzene rings is 1. The highest BCUT2D eigenvalue weighted by molar-refractivity contribution is 7.99. The van der Waals surface area contributed by atoms with E-state index in [0.29, 0.717) is 16.5 Å². The lowest BCUT2D eigenvalue weighted by atomic mass is 10.1. The van der Waals surface area contributed by atoms with E-state index in [0.717, 1.165) is 10.4 Å². The SMILES string of the molecule is O=C(CSc1nnc2ccc(-c3ccc(F)cc3)nn12)c1cccs1. The fraction of sp³-hybridized carbons (Fsp3) is 0.0588. The Kier molecular flexibility index (Phi) is 4.29. The number of carbonyl (C=O) groups excluding carboxylic acids is 1. The molecule has 0 spiro atoms. The zero-order valence-corrected chi connectivity index (χ0v) is 14.4. The van der Waals surface area contributed by atoms with Crippen LogP contribution < -0.4 is 0 Å². The molecule has 0 aliphatic carbocycles. The second-order valence-corrected chi connectivity index (χ2v) is 7.06. The molecule has 5 nitrogen and oxygen atoms in total. The largest absolute Gasteiger partial charge is 0.292 e. The predicted molar refractivity (Wildman–Crippen MR) is 95.5 cm³/mol. The summed E-state index contributed by atoms with van der Waals surface area (Å²) in [5.41, 5.74) is 2.07. The van der Waals surface area contributed by atoms with Gasteiger partial charge in [-0.05, 0) is 47.8 Å². The zero-order chi connectivity index (χ0) is 17.2. The molecule has 0 atom stereocenters. The van der Waals surface area contributed by atoms with Crippen LogP contribution >= 0.6 is 23.1 Å². The van der Waals surface area contributed by atoms with Crippen molar-refractivity contribution in [2.24, 2.45) is 0 Å². The Morgan fingerprint density at radius 2 is 1.96 bits per heavy atom. The van der Waals surface area contributed by atoms with Crippen LogP contribution in [0.25, 0.3) is 16.9 Å². The van der Waals surface area contributed by atoms with E-state index in [4.69, 9.17) is 0 Å². The molecule has 0 fully saturated rings. The van der Waals surface area contributed by atoms with E-state index in [1.807, 2.05) is 17.5 Å². The summed E-state index contributed by atoms with van der Waals surface area (Å²) in [6, 6.07) is 13.4. The van der Waals surface area contributed by atoms with Crippen molar-refractivity contribution in [2.75, 3.05) is 5.75 Å². The molecule has 0 aliphatic heterocycles. The Balaban J connectivity index is 1.60. The number of rotatable bonds is 5. The van der Waals surface area contributed by atoms with E-state index in [1.54, 1.807) is 28.8 Å². The number of Topliss-reactive ketones (excluding diaryl/α,β-unsaturated/α-hetero) is 1. The molecular weight excluding hydrogens is 359 g/mol. The standard InChI is InChI=1S/C17H11FN4OS2/c18-12-5-3-11(4-6-12)13-7-8-16-19-20-17(22(16)21-13)25-10-14(23)15-2-1-9-24-15/h1-9H,10H2. The van der Waals surface area contributed by atoms with Crippen LogP contribution in [0.2, 0.25) is 0 Å². The quantitative estimate of drug-likeness (QED) is 0.393. The van der Waals surface area contributed by atoms with Crippen molar-refractivity contribution in [2.45, 2.75) is 5.16 Å². The third-order valence-corrected chi connectivity index (χ3v) is 5.33. The van der Waals surface area contributed by atoms with E-state index in [9.17, 15) is 9.18 Å². The number of hydrogen-bond donors (Lipinski definition) is 0. The van der Waals surface area contributed by atoms with Gasteiger partial charge < -0.3 is 0 Å². The van der Waals surface area contributed by atoms with Gasteiger partial charge in [-0.2, -0.15) is 9.61 Å². The molecule has 0 amide bonds. The minimum atomic E-state index is -0.294. The number of carbonyl (C=O) groups is 1. The maximum absolute atomic E-state index is 13.1. The monoisotopic (exact) mass is 370 g/mol. The minimum Gasteiger partial charge on any atom is -0.292 e. The molecule has 3 aromatic heterocycles. The third kappa shape index (κ3) is 3.31. The first-order valence-electron chi connectivity index (χ1n) is 7.38. The topological polar surface area (TPSA) is 60.2 Å². The first kappa shape index (κ1) is 15.9. The maximum Gasteiger partial charge on any atom is 0.212 e. The Morgan fingerprint density at radius 1 is 1.12 bits per heavy atom. The molecule has 0 unspecified atom stereocenters. The normalized spacial score (nSPS) is 11.1. The summed E-state index contributed by atoms with van der Waals surface area (Å²) in [5, 5.41) is 15.1. The zero-order valence-electron chi connectivity index (χ0n) is 12.8. The number of ketones is 1. The highest BCUT2D eigenvalue weighted by Gasteiger charge is 2.13. The van der Waals surface area contributed by atoms with E-state index in [-0.39, 0.29) is 17.4 Å². The van der Waals surface area contributed by atoms with Crippen molar-refractivity contribution < 1.29 is 9.18 Å². The first-order valence-corrected chi connectivity index (χ1v) is 9.25. The van der Waals surface area contributed by atoms with Crippen molar-refractivity contribution >= 4 is 34.5 Å². The third-order valence-electron chi connectivity index (χ3n) is 3.50. The molecule has 0 aliphatic rings. The molecular formula is C17H11FN4OS2. The van der Waals surface area contributed by atoms with Gasteiger partial charge in [0.25, 0.3) is 0 Å². The fourth-order valence-corrected chi connectivity index (χ4v) is 3.80. The van der Waals surface area contributed by atoms with Gasteiger partial charge in [0.05, 0.1) is 16.3 Å². The number of nitrogens with zero attached hydrogens (tertiary/aromatic N) is 4. The predicted octanol–water partition coefficient (Wildman–Crippen LogP) is 3.97. The number of hydrogen-bond acceptors (Lipinski definition) is 6. The number of thioether (sulfide) groups is 1. The van der Waals surface area contributed by atoms with Gasteiger partial charge in [-0.25, -0.2) is 4.39 Å². The minimum absolute atomic E-state index is 0.0476. The van der Waals surface area contributed by atoms with Crippen molar-refractivity contribution in [3.63, 3.8) is 0 Å². The summed E-state index contributed by atoms with van der Waals surface area (Å²) in [5.74, 6) is 0.0212. The Morgan fingerprint density at radius 3 is 2.72 bits per heavy atom. The van der Waals surface area contributed by atoms with Gasteiger partial charge in [0.15, 0.2) is 11.4 Å². The van der Waals surface area contributed by atoms with Gasteiger partial charge in [-0.3, -0.25) is 4.79 Å². The average Bonchev–Trinajstić information content (AvgIpc) is 3.30. The van der Waals surface area contributed by atoms with Crippen LogP contribution in [-0.2, 0) is 0 Å². The lowest BCUT2D eigenvalue weighted by molar-refractivity contribution is 0.102. The van der Waals surface area contributed by atoms with Crippen LogP contribution in [0, 0.1) is 5.82 Å². The second-order valence-electron chi connectivity index (χ2n) is 5.17. The van der Waals surface area contributed by atoms with Gasteiger partial charge in [-0.1, -0.05) is 17.8 Å². The van der Waals surface area contributed by atoms with E-state index < -0.39 is 0 Å². The summed E-state index contributed by atoms with van der Waals surface area (Å²) < 4.78 is 14.7. The van der Waals surface area contributed by atoms with Gasteiger partial charge in [0.2, 0.25) is 5.16 Å². The second kappa shape index (κ2) is 6.73. The van der Waals surface area contributed by atoms with E-state index in [1.165, 1.54) is 35.2 Å². The van der Waals surface area contributed by atoms with Gasteiger partial charge >= 0.3 is 0 Å². The molecule has 25 heavy (non-hydrogen) atoms. The molecule has 124 valence electrons. The molecule has 1 aromatic carbocycles. The molecule has 0 radical (unpaired) electrons. The lowest BCUT2D eigenvalue weighted by Crippen LogP contribution is -2.02. The lowest BCUT2D eigenvalue weighted by Gasteiger charge is -2.03. The van der Waals surface area contributed by atoms with Crippen LogP contribution in [0.15, 0.2) is 59.1 Å². The number of thiophene rings is 1. The molecule has 3 heterocycles. The molecule has 0 N–H and O–H groups in total.